The standard InChI is InChI=1S/C21H33NO6/c1-9-10-14-16-15(26-19(5,24-7)20(6,25-8)27-16)13-22(21(14)11-12-21)17(23)28-18(2,3)4/h14-16H,11-13H2,1-8H3/t14-,15-,16-,19+,20+/m1/s1. The van der Waals surface area contributed by atoms with Crippen molar-refractivity contribution in [1.82, 2.24) is 4.90 Å². The predicted molar refractivity (Wildman–Crippen MR) is 102 cm³/mol. The van der Waals surface area contributed by atoms with Crippen LogP contribution in [0.15, 0.2) is 0 Å². The molecule has 3 fully saturated rings. The van der Waals surface area contributed by atoms with E-state index in [1.54, 1.807) is 33.0 Å². The van der Waals surface area contributed by atoms with Crippen molar-refractivity contribution < 1.29 is 28.5 Å². The Hall–Kier alpha value is -1.33. The molecule has 7 heteroatoms. The highest BCUT2D eigenvalue weighted by atomic mass is 16.8. The minimum absolute atomic E-state index is 0.195. The first-order valence-electron chi connectivity index (χ1n) is 9.84. The molecule has 1 saturated carbocycles. The quantitative estimate of drug-likeness (QED) is 0.670. The molecule has 2 aliphatic heterocycles. The summed E-state index contributed by atoms with van der Waals surface area (Å²) in [4.78, 5) is 14.8. The van der Waals surface area contributed by atoms with Crippen LogP contribution in [0.2, 0.25) is 0 Å². The Bertz CT molecular complexity index is 687. The molecule has 0 radical (unpaired) electrons. The molecule has 3 rings (SSSR count). The number of methoxy groups -OCH3 is 2. The van der Waals surface area contributed by atoms with Gasteiger partial charge in [0.05, 0.1) is 18.0 Å². The highest BCUT2D eigenvalue weighted by molar-refractivity contribution is 5.70. The Labute approximate surface area is 168 Å². The predicted octanol–water partition coefficient (Wildman–Crippen LogP) is 2.92. The molecule has 3 aliphatic rings. The number of nitrogens with zero attached hydrogens (tertiary/aromatic N) is 1. The van der Waals surface area contributed by atoms with Gasteiger partial charge < -0.3 is 23.7 Å². The number of amides is 1. The molecule has 0 unspecified atom stereocenters. The Balaban J connectivity index is 1.97. The first-order chi connectivity index (χ1) is 13.0. The Morgan fingerprint density at radius 1 is 1.11 bits per heavy atom. The molecule has 0 aromatic carbocycles. The molecule has 1 aliphatic carbocycles. The highest BCUT2D eigenvalue weighted by Gasteiger charge is 2.68. The summed E-state index contributed by atoms with van der Waals surface area (Å²) in [6.07, 6.45) is 0.654. The molecule has 0 aromatic rings. The van der Waals surface area contributed by atoms with Crippen molar-refractivity contribution in [2.24, 2.45) is 5.92 Å². The second kappa shape index (κ2) is 6.88. The van der Waals surface area contributed by atoms with Crippen LogP contribution in [0.5, 0.6) is 0 Å². The average molecular weight is 395 g/mol. The molecule has 0 aromatic heterocycles. The number of fused-ring (bicyclic) bond motifs is 1. The van der Waals surface area contributed by atoms with E-state index in [1.807, 2.05) is 27.7 Å². The van der Waals surface area contributed by atoms with Crippen molar-refractivity contribution in [3.8, 4) is 11.8 Å². The van der Waals surface area contributed by atoms with Crippen molar-refractivity contribution >= 4 is 6.09 Å². The van der Waals surface area contributed by atoms with Gasteiger partial charge in [-0.25, -0.2) is 4.79 Å². The highest BCUT2D eigenvalue weighted by Crippen LogP contribution is 2.56. The zero-order valence-electron chi connectivity index (χ0n) is 18.3. The van der Waals surface area contributed by atoms with E-state index < -0.39 is 23.3 Å². The van der Waals surface area contributed by atoms with Gasteiger partial charge in [-0.15, -0.1) is 5.92 Å². The number of hydrogen-bond donors (Lipinski definition) is 0. The number of rotatable bonds is 2. The van der Waals surface area contributed by atoms with Crippen LogP contribution in [0.25, 0.3) is 0 Å². The SMILES string of the molecule is CC#C[C@@H]1[C@H]2O[C@](C)(OC)[C@@](C)(OC)O[C@@H]2CN(C(=O)OC(C)(C)C)C12CC2. The van der Waals surface area contributed by atoms with E-state index in [9.17, 15) is 4.79 Å². The second-order valence-electron chi connectivity index (χ2n) is 9.10. The topological polar surface area (TPSA) is 66.5 Å². The number of carbonyl (C=O) groups is 1. The Kier molecular flexibility index (Phi) is 5.25. The van der Waals surface area contributed by atoms with Gasteiger partial charge in [0.2, 0.25) is 11.6 Å². The summed E-state index contributed by atoms with van der Waals surface area (Å²) in [6.45, 7) is 11.4. The Morgan fingerprint density at radius 3 is 2.14 bits per heavy atom. The smallest absolute Gasteiger partial charge is 0.410 e. The molecule has 2 saturated heterocycles. The molecular weight excluding hydrogens is 362 g/mol. The van der Waals surface area contributed by atoms with Gasteiger partial charge in [0.1, 0.15) is 17.8 Å². The van der Waals surface area contributed by atoms with Crippen LogP contribution in [0, 0.1) is 17.8 Å². The van der Waals surface area contributed by atoms with Gasteiger partial charge in [0, 0.05) is 14.2 Å². The summed E-state index contributed by atoms with van der Waals surface area (Å²) in [6, 6.07) is 0. The van der Waals surface area contributed by atoms with Gasteiger partial charge in [0.15, 0.2) is 0 Å². The second-order valence-corrected chi connectivity index (χ2v) is 9.10. The van der Waals surface area contributed by atoms with E-state index in [-0.39, 0.29) is 23.7 Å². The number of hydrogen-bond acceptors (Lipinski definition) is 6. The normalized spacial score (nSPS) is 39.0. The third-order valence-corrected chi connectivity index (χ3v) is 6.19. The van der Waals surface area contributed by atoms with Gasteiger partial charge in [0.25, 0.3) is 0 Å². The third kappa shape index (κ3) is 3.30. The lowest BCUT2D eigenvalue weighted by Gasteiger charge is -2.57. The number of likely N-dealkylation sites (tertiary alicyclic amines) is 1. The summed E-state index contributed by atoms with van der Waals surface area (Å²) in [5.41, 5.74) is -0.957. The van der Waals surface area contributed by atoms with Gasteiger partial charge in [-0.3, -0.25) is 4.90 Å². The number of ether oxygens (including phenoxy) is 5. The minimum atomic E-state index is -1.12. The maximum absolute atomic E-state index is 13.0. The number of carbonyl (C=O) groups excluding carboxylic acids is 1. The van der Waals surface area contributed by atoms with Crippen LogP contribution in [0.3, 0.4) is 0 Å². The van der Waals surface area contributed by atoms with E-state index in [4.69, 9.17) is 23.7 Å². The molecule has 0 N–H and O–H groups in total. The van der Waals surface area contributed by atoms with Crippen molar-refractivity contribution in [2.75, 3.05) is 20.8 Å². The fourth-order valence-electron chi connectivity index (χ4n) is 4.29. The maximum Gasteiger partial charge on any atom is 0.410 e. The fourth-order valence-corrected chi connectivity index (χ4v) is 4.29. The van der Waals surface area contributed by atoms with Crippen LogP contribution >= 0.6 is 0 Å². The summed E-state index contributed by atoms with van der Waals surface area (Å²) >= 11 is 0. The molecule has 28 heavy (non-hydrogen) atoms. The molecule has 5 atom stereocenters. The van der Waals surface area contributed by atoms with Crippen molar-refractivity contribution in [3.05, 3.63) is 0 Å². The molecule has 0 bridgehead atoms. The average Bonchev–Trinajstić information content (AvgIpc) is 3.39. The third-order valence-electron chi connectivity index (χ3n) is 6.19. The largest absolute Gasteiger partial charge is 0.444 e. The molecule has 2 heterocycles. The molecule has 7 nitrogen and oxygen atoms in total. The zero-order chi connectivity index (χ0) is 21.0. The number of piperidine rings is 1. The molecular formula is C21H33NO6. The molecule has 1 amide bonds. The lowest BCUT2D eigenvalue weighted by molar-refractivity contribution is -0.456. The first kappa shape index (κ1) is 21.4. The van der Waals surface area contributed by atoms with Crippen LogP contribution in [0.1, 0.15) is 54.4 Å². The fraction of sp³-hybridized carbons (Fsp3) is 0.857. The van der Waals surface area contributed by atoms with E-state index in [0.29, 0.717) is 6.54 Å². The van der Waals surface area contributed by atoms with E-state index in [0.717, 1.165) is 12.8 Å². The van der Waals surface area contributed by atoms with Gasteiger partial charge in [-0.2, -0.15) is 0 Å². The van der Waals surface area contributed by atoms with Gasteiger partial charge >= 0.3 is 6.09 Å². The van der Waals surface area contributed by atoms with Crippen molar-refractivity contribution in [1.29, 1.82) is 0 Å². The van der Waals surface area contributed by atoms with E-state index in [1.165, 1.54) is 0 Å². The first-order valence-corrected chi connectivity index (χ1v) is 9.84. The van der Waals surface area contributed by atoms with Crippen LogP contribution in [-0.4, -0.2) is 66.7 Å². The van der Waals surface area contributed by atoms with Crippen LogP contribution < -0.4 is 0 Å². The van der Waals surface area contributed by atoms with Gasteiger partial charge in [-0.05, 0) is 54.4 Å². The van der Waals surface area contributed by atoms with Crippen LogP contribution in [0.4, 0.5) is 4.79 Å². The van der Waals surface area contributed by atoms with Gasteiger partial charge in [-0.1, -0.05) is 5.92 Å². The maximum atomic E-state index is 13.0. The monoisotopic (exact) mass is 395 g/mol. The summed E-state index contributed by atoms with van der Waals surface area (Å²) in [7, 11) is 3.13. The summed E-state index contributed by atoms with van der Waals surface area (Å²) < 4.78 is 29.8. The Morgan fingerprint density at radius 2 is 1.68 bits per heavy atom. The van der Waals surface area contributed by atoms with Crippen molar-refractivity contribution in [2.45, 2.75) is 89.3 Å². The van der Waals surface area contributed by atoms with E-state index >= 15 is 0 Å². The molecule has 158 valence electrons. The lowest BCUT2D eigenvalue weighted by Crippen LogP contribution is -2.72. The van der Waals surface area contributed by atoms with Crippen LogP contribution in [-0.2, 0) is 23.7 Å². The van der Waals surface area contributed by atoms with Crippen molar-refractivity contribution in [3.63, 3.8) is 0 Å². The summed E-state index contributed by atoms with van der Waals surface area (Å²) in [5.74, 6) is 3.89. The lowest BCUT2D eigenvalue weighted by atomic mass is 9.81. The van der Waals surface area contributed by atoms with E-state index in [2.05, 4.69) is 11.8 Å². The molecule has 1 spiro atoms. The zero-order valence-corrected chi connectivity index (χ0v) is 18.3. The minimum Gasteiger partial charge on any atom is -0.444 e. The summed E-state index contributed by atoms with van der Waals surface area (Å²) in [5, 5.41) is 0.